The van der Waals surface area contributed by atoms with Crippen molar-refractivity contribution in [3.05, 3.63) is 0 Å². The Balaban J connectivity index is 2.45. The van der Waals surface area contributed by atoms with Crippen LogP contribution in [0.25, 0.3) is 0 Å². The maximum absolute atomic E-state index is 11.2. The van der Waals surface area contributed by atoms with Gasteiger partial charge in [-0.2, -0.15) is 0 Å². The predicted octanol–water partition coefficient (Wildman–Crippen LogP) is -0.227. The molecule has 6 heteroatoms. The van der Waals surface area contributed by atoms with Crippen LogP contribution in [0.2, 0.25) is 0 Å². The number of nitrogens with one attached hydrogen (secondary N) is 1. The van der Waals surface area contributed by atoms with Gasteiger partial charge in [-0.3, -0.25) is 9.59 Å². The molecule has 0 spiro atoms. The predicted molar refractivity (Wildman–Crippen MR) is 55.1 cm³/mol. The minimum atomic E-state index is -0.952. The third kappa shape index (κ3) is 3.18. The Morgan fingerprint density at radius 2 is 2.06 bits per heavy atom. The van der Waals surface area contributed by atoms with Crippen LogP contribution >= 0.6 is 0 Å². The Morgan fingerprint density at radius 3 is 2.56 bits per heavy atom. The maximum atomic E-state index is 11.2. The van der Waals surface area contributed by atoms with E-state index in [0.717, 1.165) is 0 Å². The van der Waals surface area contributed by atoms with E-state index in [2.05, 4.69) is 10.1 Å². The van der Waals surface area contributed by atoms with Gasteiger partial charge >= 0.3 is 11.9 Å². The van der Waals surface area contributed by atoms with Crippen molar-refractivity contribution < 1.29 is 24.2 Å². The van der Waals surface area contributed by atoms with Crippen LogP contribution in [-0.2, 0) is 19.1 Å². The van der Waals surface area contributed by atoms with Crippen LogP contribution in [0, 0.1) is 0 Å². The second kappa shape index (κ2) is 5.81. The van der Waals surface area contributed by atoms with Crippen molar-refractivity contribution in [3.8, 4) is 0 Å². The molecule has 1 aliphatic rings. The quantitative estimate of drug-likeness (QED) is 0.636. The number of carboxylic acids is 1. The lowest BCUT2D eigenvalue weighted by atomic mass is 9.90. The zero-order valence-corrected chi connectivity index (χ0v) is 9.32. The fourth-order valence-electron chi connectivity index (χ4n) is 1.69. The van der Waals surface area contributed by atoms with Crippen LogP contribution in [0.15, 0.2) is 0 Å². The van der Waals surface area contributed by atoms with Crippen molar-refractivity contribution in [3.63, 3.8) is 0 Å². The number of aliphatic carboxylic acids is 1. The summed E-state index contributed by atoms with van der Waals surface area (Å²) in [4.78, 5) is 22.1. The second-order valence-corrected chi connectivity index (χ2v) is 3.75. The highest BCUT2D eigenvalue weighted by atomic mass is 16.5. The van der Waals surface area contributed by atoms with Gasteiger partial charge in [0.2, 0.25) is 0 Å². The Labute approximate surface area is 93.9 Å². The van der Waals surface area contributed by atoms with Gasteiger partial charge in [0.15, 0.2) is 0 Å². The van der Waals surface area contributed by atoms with E-state index < -0.39 is 11.5 Å². The monoisotopic (exact) mass is 231 g/mol. The highest BCUT2D eigenvalue weighted by molar-refractivity contribution is 5.79. The molecule has 2 N–H and O–H groups in total. The molecule has 1 fully saturated rings. The molecule has 0 aromatic heterocycles. The first-order valence-corrected chi connectivity index (χ1v) is 5.24. The first kappa shape index (κ1) is 12.9. The molecule has 0 saturated carbocycles. The molecule has 0 bridgehead atoms. The van der Waals surface area contributed by atoms with Gasteiger partial charge in [-0.25, -0.2) is 0 Å². The Hall–Kier alpha value is -1.14. The van der Waals surface area contributed by atoms with E-state index in [1.165, 1.54) is 7.11 Å². The molecule has 16 heavy (non-hydrogen) atoms. The van der Waals surface area contributed by atoms with E-state index in [1.54, 1.807) is 0 Å². The maximum Gasteiger partial charge on any atom is 0.324 e. The summed E-state index contributed by atoms with van der Waals surface area (Å²) in [5.41, 5.74) is -0.952. The van der Waals surface area contributed by atoms with E-state index >= 15 is 0 Å². The van der Waals surface area contributed by atoms with E-state index in [0.29, 0.717) is 32.6 Å². The Bertz CT molecular complexity index is 260. The number of carbonyl (C=O) groups excluding carboxylic acids is 1. The fraction of sp³-hybridized carbons (Fsp3) is 0.800. The lowest BCUT2D eigenvalue weighted by Gasteiger charge is -2.33. The fourth-order valence-corrected chi connectivity index (χ4v) is 1.69. The van der Waals surface area contributed by atoms with E-state index in [9.17, 15) is 14.7 Å². The molecule has 0 aromatic carbocycles. The van der Waals surface area contributed by atoms with Crippen LogP contribution < -0.4 is 5.32 Å². The molecule has 0 unspecified atom stereocenters. The van der Waals surface area contributed by atoms with Crippen molar-refractivity contribution in [2.24, 2.45) is 0 Å². The zero-order chi connectivity index (χ0) is 12.0. The average Bonchev–Trinajstić information content (AvgIpc) is 2.30. The van der Waals surface area contributed by atoms with Gasteiger partial charge in [0, 0.05) is 19.8 Å². The third-order valence-electron chi connectivity index (χ3n) is 2.78. The molecule has 1 aliphatic heterocycles. The SMILES string of the molecule is COC(=O)CCNC1(C(=O)O)CCOCC1. The summed E-state index contributed by atoms with van der Waals surface area (Å²) in [6.45, 7) is 1.16. The number of hydrogen-bond donors (Lipinski definition) is 2. The molecular formula is C10H17NO5. The van der Waals surface area contributed by atoms with Crippen LogP contribution in [0.1, 0.15) is 19.3 Å². The molecule has 92 valence electrons. The molecule has 0 aliphatic carbocycles. The van der Waals surface area contributed by atoms with Gasteiger partial charge in [-0.1, -0.05) is 0 Å². The minimum Gasteiger partial charge on any atom is -0.480 e. The molecule has 1 saturated heterocycles. The summed E-state index contributed by atoms with van der Waals surface area (Å²) < 4.78 is 9.61. The van der Waals surface area contributed by atoms with Crippen LogP contribution in [0.4, 0.5) is 0 Å². The van der Waals surface area contributed by atoms with Gasteiger partial charge in [0.05, 0.1) is 13.5 Å². The lowest BCUT2D eigenvalue weighted by molar-refractivity contribution is -0.150. The number of ether oxygens (including phenoxy) is 2. The molecule has 0 aromatic rings. The average molecular weight is 231 g/mol. The van der Waals surface area contributed by atoms with E-state index in [1.807, 2.05) is 0 Å². The van der Waals surface area contributed by atoms with Crippen molar-refractivity contribution in [1.82, 2.24) is 5.32 Å². The molecular weight excluding hydrogens is 214 g/mol. The molecule has 0 atom stereocenters. The summed E-state index contributed by atoms with van der Waals surface area (Å²) in [6, 6.07) is 0. The molecule has 0 amide bonds. The number of methoxy groups -OCH3 is 1. The number of carbonyl (C=O) groups is 2. The van der Waals surface area contributed by atoms with Crippen LogP contribution in [-0.4, -0.2) is 49.5 Å². The van der Waals surface area contributed by atoms with Gasteiger partial charge in [0.1, 0.15) is 5.54 Å². The van der Waals surface area contributed by atoms with Crippen molar-refractivity contribution in [2.75, 3.05) is 26.9 Å². The summed E-state index contributed by atoms with van der Waals surface area (Å²) >= 11 is 0. The highest BCUT2D eigenvalue weighted by Crippen LogP contribution is 2.20. The largest absolute Gasteiger partial charge is 0.480 e. The van der Waals surface area contributed by atoms with Crippen LogP contribution in [0.3, 0.4) is 0 Å². The van der Waals surface area contributed by atoms with Gasteiger partial charge in [-0.05, 0) is 12.8 Å². The number of hydrogen-bond acceptors (Lipinski definition) is 5. The van der Waals surface area contributed by atoms with Crippen molar-refractivity contribution in [1.29, 1.82) is 0 Å². The smallest absolute Gasteiger partial charge is 0.324 e. The van der Waals surface area contributed by atoms with Gasteiger partial charge in [-0.15, -0.1) is 0 Å². The summed E-state index contributed by atoms with van der Waals surface area (Å²) in [6.07, 6.45) is 1.01. The first-order valence-electron chi connectivity index (χ1n) is 5.24. The zero-order valence-electron chi connectivity index (χ0n) is 9.32. The van der Waals surface area contributed by atoms with Gasteiger partial charge < -0.3 is 19.9 Å². The standard InChI is InChI=1S/C10H17NO5/c1-15-8(12)2-5-11-10(9(13)14)3-6-16-7-4-10/h11H,2-7H2,1H3,(H,13,14). The topological polar surface area (TPSA) is 84.9 Å². The molecule has 1 heterocycles. The van der Waals surface area contributed by atoms with Gasteiger partial charge in [0.25, 0.3) is 0 Å². The number of esters is 1. The Kier molecular flexibility index (Phi) is 4.70. The highest BCUT2D eigenvalue weighted by Gasteiger charge is 2.39. The first-order chi connectivity index (χ1) is 7.60. The molecule has 0 radical (unpaired) electrons. The van der Waals surface area contributed by atoms with Crippen molar-refractivity contribution >= 4 is 11.9 Å². The number of carboxylic acid groups (broad SMARTS) is 1. The summed E-state index contributed by atoms with van der Waals surface area (Å²) in [5.74, 6) is -1.24. The summed E-state index contributed by atoms with van der Waals surface area (Å²) in [5, 5.41) is 12.1. The summed E-state index contributed by atoms with van der Waals surface area (Å²) in [7, 11) is 1.31. The normalized spacial score (nSPS) is 19.1. The van der Waals surface area contributed by atoms with E-state index in [4.69, 9.17) is 4.74 Å². The number of rotatable bonds is 5. The molecule has 6 nitrogen and oxygen atoms in total. The molecule has 1 rings (SSSR count). The van der Waals surface area contributed by atoms with Crippen LogP contribution in [0.5, 0.6) is 0 Å². The third-order valence-corrected chi connectivity index (χ3v) is 2.78. The second-order valence-electron chi connectivity index (χ2n) is 3.75. The lowest BCUT2D eigenvalue weighted by Crippen LogP contribution is -2.55. The Morgan fingerprint density at radius 1 is 1.44 bits per heavy atom. The van der Waals surface area contributed by atoms with E-state index in [-0.39, 0.29) is 12.4 Å². The minimum absolute atomic E-state index is 0.173. The van der Waals surface area contributed by atoms with Crippen molar-refractivity contribution in [2.45, 2.75) is 24.8 Å².